The van der Waals surface area contributed by atoms with Gasteiger partial charge in [0, 0.05) is 12.0 Å². The molecule has 4 saturated carbocycles. The average molecular weight is 463 g/mol. The Morgan fingerprint density at radius 2 is 1.97 bits per heavy atom. The van der Waals surface area contributed by atoms with Gasteiger partial charge in [-0.15, -0.1) is 11.6 Å². The monoisotopic (exact) mass is 462 g/mol. The fraction of sp³-hybridized carbons (Fsp3) is 0.900. The van der Waals surface area contributed by atoms with E-state index in [0.717, 1.165) is 0 Å². The minimum Gasteiger partial charge on any atom is -0.391 e. The number of alkyl halides is 2. The summed E-state index contributed by atoms with van der Waals surface area (Å²) in [5.74, 6) is -0.585. The maximum atomic E-state index is 13.8. The van der Waals surface area contributed by atoms with Gasteiger partial charge in [0.15, 0.2) is 0 Å². The Kier molecular flexibility index (Phi) is 6.77. The summed E-state index contributed by atoms with van der Waals surface area (Å²) in [4.78, 5) is 25.1. The molecular formula is C20H32ClFN4O5. The molecule has 2 amide bonds. The molecule has 5 rings (SSSR count). The highest BCUT2D eigenvalue weighted by Crippen LogP contribution is 2.47. The second kappa shape index (κ2) is 9.07. The number of carbonyl (C=O) groups is 2. The van der Waals surface area contributed by atoms with Crippen molar-refractivity contribution in [2.75, 3.05) is 6.61 Å². The van der Waals surface area contributed by atoms with Gasteiger partial charge in [0.1, 0.15) is 19.0 Å². The van der Waals surface area contributed by atoms with Gasteiger partial charge in [-0.2, -0.15) is 0 Å². The van der Waals surface area contributed by atoms with E-state index in [1.54, 1.807) is 6.92 Å². The van der Waals surface area contributed by atoms with Gasteiger partial charge in [0.2, 0.25) is 12.1 Å². The number of fused-ring (bicyclic) bond motifs is 3. The van der Waals surface area contributed by atoms with Crippen LogP contribution in [0.15, 0.2) is 0 Å². The predicted octanol–water partition coefficient (Wildman–Crippen LogP) is 0.346. The van der Waals surface area contributed by atoms with Crippen LogP contribution in [0.4, 0.5) is 4.39 Å². The smallest absolute Gasteiger partial charge is 0.266 e. The van der Waals surface area contributed by atoms with Crippen molar-refractivity contribution < 1.29 is 28.6 Å². The van der Waals surface area contributed by atoms with E-state index in [2.05, 4.69) is 21.5 Å². The summed E-state index contributed by atoms with van der Waals surface area (Å²) < 4.78 is 24.8. The van der Waals surface area contributed by atoms with E-state index in [9.17, 15) is 19.1 Å². The molecule has 0 spiro atoms. The number of aliphatic hydroxyl groups is 1. The summed E-state index contributed by atoms with van der Waals surface area (Å²) in [6.07, 6.45) is 0.872. The van der Waals surface area contributed by atoms with E-state index in [-0.39, 0.29) is 37.2 Å². The lowest BCUT2D eigenvalue weighted by Gasteiger charge is -2.56. The molecule has 5 aliphatic rings. The lowest BCUT2D eigenvalue weighted by molar-refractivity contribution is -0.144. The van der Waals surface area contributed by atoms with Crippen molar-refractivity contribution in [3.05, 3.63) is 0 Å². The number of carbonyl (C=O) groups excluding carboxylic acids is 2. The normalized spacial score (nSPS) is 44.8. The Morgan fingerprint density at radius 3 is 2.58 bits per heavy atom. The molecule has 1 heterocycles. The van der Waals surface area contributed by atoms with E-state index in [0.29, 0.717) is 44.9 Å². The second-order valence-corrected chi connectivity index (χ2v) is 9.98. The number of amides is 2. The summed E-state index contributed by atoms with van der Waals surface area (Å²) in [5.41, 5.74) is 4.40. The van der Waals surface area contributed by atoms with Crippen LogP contribution in [0.25, 0.3) is 0 Å². The number of aliphatic hydroxyl groups excluding tert-OH is 1. The Balaban J connectivity index is 1.26. The van der Waals surface area contributed by atoms with Crippen molar-refractivity contribution in [1.82, 2.24) is 21.5 Å². The van der Waals surface area contributed by atoms with Crippen LogP contribution in [0.3, 0.4) is 0 Å². The molecule has 4 aliphatic carbocycles. The molecular weight excluding hydrogens is 431 g/mol. The molecule has 5 N–H and O–H groups in total. The molecule has 0 aromatic rings. The van der Waals surface area contributed by atoms with E-state index in [1.165, 1.54) is 0 Å². The maximum absolute atomic E-state index is 13.8. The molecule has 2 bridgehead atoms. The Bertz CT molecular complexity index is 692. The van der Waals surface area contributed by atoms with Crippen molar-refractivity contribution in [2.45, 2.75) is 106 Å². The SMILES string of the molecule is CC1NNC(C(=O)NC23CCC(NC(=O)COC4CCC(Cl)C(F)C4)(CC2)C(O)C3)O1. The summed E-state index contributed by atoms with van der Waals surface area (Å²) in [7, 11) is 0. The van der Waals surface area contributed by atoms with Crippen LogP contribution < -0.4 is 21.5 Å². The highest BCUT2D eigenvalue weighted by Gasteiger charge is 2.55. The molecule has 1 aliphatic heterocycles. The first kappa shape index (κ1) is 23.1. The van der Waals surface area contributed by atoms with Crippen molar-refractivity contribution in [1.29, 1.82) is 0 Å². The first-order chi connectivity index (χ1) is 14.7. The van der Waals surface area contributed by atoms with Crippen LogP contribution >= 0.6 is 11.6 Å². The minimum absolute atomic E-state index is 0.170. The van der Waals surface area contributed by atoms with Gasteiger partial charge in [0.25, 0.3) is 5.91 Å². The van der Waals surface area contributed by atoms with Crippen LogP contribution in [-0.2, 0) is 19.1 Å². The quantitative estimate of drug-likeness (QED) is 0.361. The Hall–Kier alpha value is -1.04. The molecule has 6 unspecified atom stereocenters. The topological polar surface area (TPSA) is 121 Å². The number of ether oxygens (including phenoxy) is 2. The summed E-state index contributed by atoms with van der Waals surface area (Å²) in [5, 5.41) is 16.4. The van der Waals surface area contributed by atoms with Crippen molar-refractivity contribution in [3.63, 3.8) is 0 Å². The summed E-state index contributed by atoms with van der Waals surface area (Å²) in [6.45, 7) is 1.62. The number of hydrogen-bond acceptors (Lipinski definition) is 7. The molecule has 1 saturated heterocycles. The standard InChI is InChI=1S/C20H32ClFN4O5/c1-11-25-26-18(31-11)17(29)24-19-4-6-20(7-5-19,15(27)9-19)23-16(28)10-30-12-2-3-13(21)14(22)8-12/h11-15,18,25-27H,2-10H2,1H3,(H,23,28)(H,24,29). The minimum atomic E-state index is -1.12. The fourth-order valence-corrected chi connectivity index (χ4v) is 5.51. The van der Waals surface area contributed by atoms with Gasteiger partial charge >= 0.3 is 0 Å². The molecule has 11 heteroatoms. The number of hydrazine groups is 1. The van der Waals surface area contributed by atoms with Gasteiger partial charge in [0.05, 0.1) is 23.1 Å². The number of hydrogen-bond donors (Lipinski definition) is 5. The van der Waals surface area contributed by atoms with Gasteiger partial charge in [-0.3, -0.25) is 9.59 Å². The zero-order chi connectivity index (χ0) is 22.2. The summed E-state index contributed by atoms with van der Waals surface area (Å²) in [6, 6.07) is 0. The van der Waals surface area contributed by atoms with Crippen LogP contribution in [0.5, 0.6) is 0 Å². The van der Waals surface area contributed by atoms with Gasteiger partial charge < -0.3 is 25.2 Å². The molecule has 9 nitrogen and oxygen atoms in total. The van der Waals surface area contributed by atoms with Crippen LogP contribution in [-0.4, -0.2) is 70.8 Å². The molecule has 5 fully saturated rings. The lowest BCUT2D eigenvalue weighted by atomic mass is 9.60. The zero-order valence-corrected chi connectivity index (χ0v) is 18.4. The molecule has 6 atom stereocenters. The highest BCUT2D eigenvalue weighted by atomic mass is 35.5. The third-order valence-corrected chi connectivity index (χ3v) is 7.68. The zero-order valence-electron chi connectivity index (χ0n) is 17.7. The molecule has 0 aromatic heterocycles. The van der Waals surface area contributed by atoms with Crippen molar-refractivity contribution in [2.24, 2.45) is 0 Å². The average Bonchev–Trinajstić information content (AvgIpc) is 3.17. The maximum Gasteiger partial charge on any atom is 0.266 e. The molecule has 176 valence electrons. The Morgan fingerprint density at radius 1 is 1.23 bits per heavy atom. The Labute approximate surface area is 186 Å². The third-order valence-electron chi connectivity index (χ3n) is 7.19. The third kappa shape index (κ3) is 4.99. The van der Waals surface area contributed by atoms with Crippen LogP contribution in [0, 0.1) is 0 Å². The van der Waals surface area contributed by atoms with Crippen LogP contribution in [0.1, 0.15) is 58.3 Å². The largest absolute Gasteiger partial charge is 0.391 e. The highest BCUT2D eigenvalue weighted by molar-refractivity contribution is 6.21. The lowest BCUT2D eigenvalue weighted by Crippen LogP contribution is -2.71. The molecule has 0 aromatic carbocycles. The van der Waals surface area contributed by atoms with Crippen molar-refractivity contribution >= 4 is 23.4 Å². The van der Waals surface area contributed by atoms with E-state index < -0.39 is 35.0 Å². The second-order valence-electron chi connectivity index (χ2n) is 9.42. The molecule has 31 heavy (non-hydrogen) atoms. The van der Waals surface area contributed by atoms with Crippen LogP contribution in [0.2, 0.25) is 0 Å². The fourth-order valence-electron chi connectivity index (χ4n) is 5.28. The number of nitrogens with one attached hydrogen (secondary N) is 4. The van der Waals surface area contributed by atoms with Gasteiger partial charge in [-0.25, -0.2) is 15.2 Å². The molecule has 0 radical (unpaired) electrons. The van der Waals surface area contributed by atoms with Crippen molar-refractivity contribution in [3.8, 4) is 0 Å². The van der Waals surface area contributed by atoms with Gasteiger partial charge in [-0.1, -0.05) is 0 Å². The summed E-state index contributed by atoms with van der Waals surface area (Å²) >= 11 is 5.89. The van der Waals surface area contributed by atoms with Gasteiger partial charge in [-0.05, 0) is 51.9 Å². The number of halogens is 2. The predicted molar refractivity (Wildman–Crippen MR) is 110 cm³/mol. The number of rotatable bonds is 6. The first-order valence-electron chi connectivity index (χ1n) is 11.1. The first-order valence-corrected chi connectivity index (χ1v) is 11.5. The van der Waals surface area contributed by atoms with E-state index in [4.69, 9.17) is 21.1 Å². The van der Waals surface area contributed by atoms with E-state index in [1.807, 2.05) is 0 Å². The van der Waals surface area contributed by atoms with E-state index >= 15 is 0 Å².